The molecule has 13 heavy (non-hydrogen) atoms. The van der Waals surface area contributed by atoms with Crippen LogP contribution >= 0.6 is 0 Å². The van der Waals surface area contributed by atoms with Crippen LogP contribution in [0.25, 0.3) is 0 Å². The van der Waals surface area contributed by atoms with Gasteiger partial charge in [0.25, 0.3) is 0 Å². The zero-order chi connectivity index (χ0) is 9.84. The van der Waals surface area contributed by atoms with E-state index in [2.05, 4.69) is 9.82 Å². The molecule has 0 aliphatic carbocycles. The molecule has 0 amide bonds. The molecule has 5 nitrogen and oxygen atoms in total. The Hall–Kier alpha value is -1.36. The maximum Gasteiger partial charge on any atom is 0.315 e. The molecule has 0 saturated heterocycles. The topological polar surface area (TPSA) is 70.1 Å². The van der Waals surface area contributed by atoms with Gasteiger partial charge in [0.15, 0.2) is 0 Å². The lowest BCUT2D eigenvalue weighted by atomic mass is 10.2. The van der Waals surface area contributed by atoms with Crippen LogP contribution in [0.4, 0.5) is 0 Å². The van der Waals surface area contributed by atoms with Crippen molar-refractivity contribution in [2.75, 3.05) is 0 Å². The van der Waals surface area contributed by atoms with Crippen molar-refractivity contribution in [3.8, 4) is 5.88 Å². The van der Waals surface area contributed by atoms with Crippen LogP contribution in [0.2, 0.25) is 0 Å². The Morgan fingerprint density at radius 3 is 2.92 bits per heavy atom. The number of aromatic nitrogens is 2. The van der Waals surface area contributed by atoms with Crippen molar-refractivity contribution in [3.63, 3.8) is 0 Å². The Labute approximate surface area is 76.1 Å². The Bertz CT molecular complexity index is 332. The van der Waals surface area contributed by atoms with E-state index >= 15 is 0 Å². The van der Waals surface area contributed by atoms with E-state index in [4.69, 9.17) is 5.90 Å². The van der Waals surface area contributed by atoms with Gasteiger partial charge >= 0.3 is 11.4 Å². The van der Waals surface area contributed by atoms with Gasteiger partial charge in [0, 0.05) is 18.9 Å². The minimum absolute atomic E-state index is 0.0665. The van der Waals surface area contributed by atoms with Crippen LogP contribution in [0.3, 0.4) is 0 Å². The van der Waals surface area contributed by atoms with Crippen LogP contribution in [0, 0.1) is 5.92 Å². The van der Waals surface area contributed by atoms with E-state index in [-0.39, 0.29) is 11.4 Å². The summed E-state index contributed by atoms with van der Waals surface area (Å²) < 4.78 is 1.53. The fraction of sp³-hybridized carbons (Fsp3) is 0.500. The molecule has 0 spiro atoms. The highest BCUT2D eigenvalue weighted by Gasteiger charge is 2.05. The normalized spacial score (nSPS) is 10.5. The molecule has 0 atom stereocenters. The first kappa shape index (κ1) is 9.73. The number of hydrogen-bond acceptors (Lipinski definition) is 4. The van der Waals surface area contributed by atoms with Gasteiger partial charge in [0.1, 0.15) is 0 Å². The monoisotopic (exact) mass is 183 g/mol. The summed E-state index contributed by atoms with van der Waals surface area (Å²) in [4.78, 5) is 19.4. The zero-order valence-electron chi connectivity index (χ0n) is 7.73. The van der Waals surface area contributed by atoms with Crippen molar-refractivity contribution in [3.05, 3.63) is 22.7 Å². The molecule has 1 heterocycles. The van der Waals surface area contributed by atoms with Gasteiger partial charge in [-0.05, 0) is 5.92 Å². The molecular formula is C8H13N3O2. The number of hydrogen-bond donors (Lipinski definition) is 1. The number of nitrogens with two attached hydrogens (primary N) is 1. The van der Waals surface area contributed by atoms with E-state index in [0.717, 1.165) is 0 Å². The van der Waals surface area contributed by atoms with Crippen molar-refractivity contribution < 1.29 is 4.84 Å². The molecule has 0 unspecified atom stereocenters. The minimum Gasteiger partial charge on any atom is -0.385 e. The molecule has 0 aliphatic rings. The van der Waals surface area contributed by atoms with Gasteiger partial charge in [-0.15, -0.1) is 0 Å². The van der Waals surface area contributed by atoms with Gasteiger partial charge in [0.05, 0.1) is 0 Å². The third kappa shape index (κ3) is 2.29. The summed E-state index contributed by atoms with van der Waals surface area (Å²) in [5.74, 6) is 5.20. The van der Waals surface area contributed by atoms with Crippen molar-refractivity contribution in [1.82, 2.24) is 9.55 Å². The summed E-state index contributed by atoms with van der Waals surface area (Å²) in [6.07, 6.45) is 3.11. The Morgan fingerprint density at radius 2 is 2.38 bits per heavy atom. The van der Waals surface area contributed by atoms with E-state index in [0.29, 0.717) is 12.5 Å². The second kappa shape index (κ2) is 4.04. The molecule has 0 radical (unpaired) electrons. The minimum atomic E-state index is -0.293. The van der Waals surface area contributed by atoms with Gasteiger partial charge in [-0.25, -0.2) is 4.98 Å². The molecule has 72 valence electrons. The fourth-order valence-corrected chi connectivity index (χ4v) is 1.05. The predicted molar refractivity (Wildman–Crippen MR) is 48.2 cm³/mol. The second-order valence-electron chi connectivity index (χ2n) is 3.20. The first-order chi connectivity index (χ1) is 6.15. The van der Waals surface area contributed by atoms with Crippen LogP contribution in [0.15, 0.2) is 17.2 Å². The van der Waals surface area contributed by atoms with Crippen molar-refractivity contribution in [2.45, 2.75) is 20.4 Å². The molecule has 0 fully saturated rings. The SMILES string of the molecule is CC(C)Cn1ccnc(ON)c1=O. The molecule has 1 aromatic rings. The van der Waals surface area contributed by atoms with E-state index in [9.17, 15) is 4.79 Å². The van der Waals surface area contributed by atoms with Crippen LogP contribution < -0.4 is 16.3 Å². The molecule has 0 saturated carbocycles. The number of nitrogens with zero attached hydrogens (tertiary/aromatic N) is 2. The van der Waals surface area contributed by atoms with Crippen LogP contribution in [0.1, 0.15) is 13.8 Å². The van der Waals surface area contributed by atoms with Gasteiger partial charge in [0.2, 0.25) is 0 Å². The molecule has 1 aromatic heterocycles. The smallest absolute Gasteiger partial charge is 0.315 e. The number of rotatable bonds is 3. The van der Waals surface area contributed by atoms with Crippen LogP contribution in [-0.2, 0) is 6.54 Å². The lowest BCUT2D eigenvalue weighted by Gasteiger charge is -2.08. The van der Waals surface area contributed by atoms with E-state index in [1.807, 2.05) is 13.8 Å². The van der Waals surface area contributed by atoms with Gasteiger partial charge in [-0.1, -0.05) is 13.8 Å². The Balaban J connectivity index is 3.02. The Morgan fingerprint density at radius 1 is 1.69 bits per heavy atom. The van der Waals surface area contributed by atoms with Crippen molar-refractivity contribution in [1.29, 1.82) is 0 Å². The zero-order valence-corrected chi connectivity index (χ0v) is 7.73. The summed E-state index contributed by atoms with van der Waals surface area (Å²) in [5, 5.41) is 0. The van der Waals surface area contributed by atoms with Gasteiger partial charge in [-0.2, -0.15) is 5.90 Å². The van der Waals surface area contributed by atoms with Crippen LogP contribution in [-0.4, -0.2) is 9.55 Å². The fourth-order valence-electron chi connectivity index (χ4n) is 1.05. The molecule has 0 bridgehead atoms. The quantitative estimate of drug-likeness (QED) is 0.677. The van der Waals surface area contributed by atoms with Gasteiger partial charge in [-0.3, -0.25) is 4.79 Å². The summed E-state index contributed by atoms with van der Waals surface area (Å²) in [6.45, 7) is 4.68. The third-order valence-electron chi connectivity index (χ3n) is 1.56. The summed E-state index contributed by atoms with van der Waals surface area (Å²) in [5.41, 5.74) is -0.293. The maximum absolute atomic E-state index is 11.4. The van der Waals surface area contributed by atoms with E-state index in [1.54, 1.807) is 6.20 Å². The largest absolute Gasteiger partial charge is 0.385 e. The average Bonchev–Trinajstić information content (AvgIpc) is 2.08. The second-order valence-corrected chi connectivity index (χ2v) is 3.20. The van der Waals surface area contributed by atoms with Crippen molar-refractivity contribution >= 4 is 0 Å². The highest BCUT2D eigenvalue weighted by Crippen LogP contribution is 1.98. The Kier molecular flexibility index (Phi) is 3.02. The van der Waals surface area contributed by atoms with Crippen molar-refractivity contribution in [2.24, 2.45) is 11.8 Å². The highest BCUT2D eigenvalue weighted by atomic mass is 16.6. The lowest BCUT2D eigenvalue weighted by Crippen LogP contribution is -2.25. The molecule has 2 N–H and O–H groups in total. The van der Waals surface area contributed by atoms with Gasteiger partial charge < -0.3 is 9.40 Å². The van der Waals surface area contributed by atoms with E-state index in [1.165, 1.54) is 10.8 Å². The molecule has 5 heteroatoms. The first-order valence-electron chi connectivity index (χ1n) is 4.07. The molecule has 0 aromatic carbocycles. The van der Waals surface area contributed by atoms with E-state index < -0.39 is 0 Å². The predicted octanol–water partition coefficient (Wildman–Crippen LogP) is 0.152. The molecular weight excluding hydrogens is 170 g/mol. The molecule has 1 rings (SSSR count). The standard InChI is InChI=1S/C8H13N3O2/c1-6(2)5-11-4-3-10-7(13-9)8(11)12/h3-4,6H,5,9H2,1-2H3. The maximum atomic E-state index is 11.4. The highest BCUT2D eigenvalue weighted by molar-refractivity contribution is 5.03. The average molecular weight is 183 g/mol. The third-order valence-corrected chi connectivity index (χ3v) is 1.56. The summed E-state index contributed by atoms with van der Waals surface area (Å²) >= 11 is 0. The first-order valence-corrected chi connectivity index (χ1v) is 4.07. The molecule has 0 aliphatic heterocycles. The lowest BCUT2D eigenvalue weighted by molar-refractivity contribution is 0.309. The summed E-state index contributed by atoms with van der Waals surface area (Å²) in [6, 6.07) is 0. The summed E-state index contributed by atoms with van der Waals surface area (Å²) in [7, 11) is 0. The van der Waals surface area contributed by atoms with Crippen LogP contribution in [0.5, 0.6) is 5.88 Å².